The van der Waals surface area contributed by atoms with Gasteiger partial charge < -0.3 is 19.8 Å². The molecule has 0 saturated heterocycles. The molecular weight excluding hydrogens is 300 g/mol. The smallest absolute Gasteiger partial charge is 0.343 e. The highest BCUT2D eigenvalue weighted by atomic mass is 16.5. The summed E-state index contributed by atoms with van der Waals surface area (Å²) < 4.78 is 10.3. The monoisotopic (exact) mass is 318 g/mol. The highest BCUT2D eigenvalue weighted by Gasteiger charge is 2.16. The fourth-order valence-corrected chi connectivity index (χ4v) is 2.17. The van der Waals surface area contributed by atoms with Gasteiger partial charge in [0.05, 0.1) is 24.4 Å². The van der Waals surface area contributed by atoms with Crippen molar-refractivity contribution in [3.05, 3.63) is 34.1 Å². The minimum absolute atomic E-state index is 0.0858. The van der Waals surface area contributed by atoms with E-state index in [1.807, 2.05) is 6.92 Å². The number of fused-ring (bicyclic) bond motifs is 1. The Morgan fingerprint density at radius 2 is 1.96 bits per heavy atom. The Morgan fingerprint density at radius 3 is 2.57 bits per heavy atom. The first kappa shape index (κ1) is 16.5. The van der Waals surface area contributed by atoms with Crippen LogP contribution in [0.15, 0.2) is 23.1 Å². The SMILES string of the molecule is CCOC(=O)c1c[nH]c2cc(OCC)c(NC(C)=O)cc2c1=O. The number of aromatic amines is 1. The predicted molar refractivity (Wildman–Crippen MR) is 86.0 cm³/mol. The number of pyridine rings is 1. The lowest BCUT2D eigenvalue weighted by molar-refractivity contribution is -0.114. The molecule has 0 aliphatic rings. The molecule has 2 rings (SSSR count). The maximum Gasteiger partial charge on any atom is 0.343 e. The van der Waals surface area contributed by atoms with Gasteiger partial charge in [-0.15, -0.1) is 0 Å². The second-order valence-electron chi connectivity index (χ2n) is 4.76. The van der Waals surface area contributed by atoms with Gasteiger partial charge in [-0.1, -0.05) is 0 Å². The number of benzene rings is 1. The minimum atomic E-state index is -0.689. The van der Waals surface area contributed by atoms with E-state index in [2.05, 4.69) is 10.3 Å². The normalized spacial score (nSPS) is 10.4. The fourth-order valence-electron chi connectivity index (χ4n) is 2.17. The fraction of sp³-hybridized carbons (Fsp3) is 0.312. The number of nitrogens with one attached hydrogen (secondary N) is 2. The molecule has 122 valence electrons. The first-order chi connectivity index (χ1) is 11.0. The van der Waals surface area contributed by atoms with Gasteiger partial charge in [-0.05, 0) is 19.9 Å². The van der Waals surface area contributed by atoms with Crippen molar-refractivity contribution >= 4 is 28.5 Å². The number of amides is 1. The van der Waals surface area contributed by atoms with Crippen LogP contribution in [0.5, 0.6) is 5.75 Å². The van der Waals surface area contributed by atoms with Crippen molar-refractivity contribution in [3.8, 4) is 5.75 Å². The minimum Gasteiger partial charge on any atom is -0.492 e. The Hall–Kier alpha value is -2.83. The van der Waals surface area contributed by atoms with E-state index in [0.717, 1.165) is 0 Å². The van der Waals surface area contributed by atoms with Crippen LogP contribution in [-0.2, 0) is 9.53 Å². The van der Waals surface area contributed by atoms with Gasteiger partial charge in [-0.3, -0.25) is 9.59 Å². The molecule has 0 saturated carbocycles. The molecule has 0 radical (unpaired) electrons. The lowest BCUT2D eigenvalue weighted by atomic mass is 10.1. The standard InChI is InChI=1S/C16H18N2O5/c1-4-22-14-7-12-10(6-13(14)18-9(3)19)15(20)11(8-17-12)16(21)23-5-2/h6-8H,4-5H2,1-3H3,(H,17,20)(H,18,19). The van der Waals surface area contributed by atoms with Crippen molar-refractivity contribution in [2.75, 3.05) is 18.5 Å². The summed E-state index contributed by atoms with van der Waals surface area (Å²) in [6, 6.07) is 3.10. The summed E-state index contributed by atoms with van der Waals surface area (Å²) in [6.45, 7) is 5.42. The number of ether oxygens (including phenoxy) is 2. The highest BCUT2D eigenvalue weighted by molar-refractivity contribution is 5.97. The molecule has 1 aromatic heterocycles. The summed E-state index contributed by atoms with van der Waals surface area (Å²) in [5, 5.41) is 2.88. The number of carbonyl (C=O) groups excluding carboxylic acids is 2. The van der Waals surface area contributed by atoms with Gasteiger partial charge in [0, 0.05) is 24.6 Å². The average Bonchev–Trinajstić information content (AvgIpc) is 2.49. The highest BCUT2D eigenvalue weighted by Crippen LogP contribution is 2.28. The second kappa shape index (κ2) is 6.95. The van der Waals surface area contributed by atoms with Crippen LogP contribution in [0, 0.1) is 0 Å². The van der Waals surface area contributed by atoms with Crippen LogP contribution in [0.3, 0.4) is 0 Å². The number of hydrogen-bond acceptors (Lipinski definition) is 5. The zero-order valence-corrected chi connectivity index (χ0v) is 13.2. The molecule has 1 heterocycles. The van der Waals surface area contributed by atoms with E-state index < -0.39 is 11.4 Å². The quantitative estimate of drug-likeness (QED) is 0.822. The third kappa shape index (κ3) is 3.50. The first-order valence-corrected chi connectivity index (χ1v) is 7.24. The molecule has 2 aromatic rings. The molecule has 0 unspecified atom stereocenters. The van der Waals surface area contributed by atoms with Crippen LogP contribution in [0.2, 0.25) is 0 Å². The van der Waals surface area contributed by atoms with Crippen LogP contribution in [0.25, 0.3) is 10.9 Å². The van der Waals surface area contributed by atoms with Crippen molar-refractivity contribution in [2.24, 2.45) is 0 Å². The van der Waals surface area contributed by atoms with Crippen molar-refractivity contribution in [2.45, 2.75) is 20.8 Å². The summed E-state index contributed by atoms with van der Waals surface area (Å²) in [5.41, 5.74) is 0.322. The van der Waals surface area contributed by atoms with Crippen molar-refractivity contribution in [1.82, 2.24) is 4.98 Å². The third-order valence-corrected chi connectivity index (χ3v) is 3.09. The van der Waals surface area contributed by atoms with Crippen molar-refractivity contribution in [3.63, 3.8) is 0 Å². The number of rotatable bonds is 5. The molecule has 2 N–H and O–H groups in total. The molecule has 0 spiro atoms. The Labute approximate surface area is 132 Å². The molecule has 1 aromatic carbocycles. The zero-order chi connectivity index (χ0) is 17.0. The Balaban J connectivity index is 2.63. The molecule has 7 heteroatoms. The average molecular weight is 318 g/mol. The number of esters is 1. The van der Waals surface area contributed by atoms with Crippen molar-refractivity contribution in [1.29, 1.82) is 0 Å². The van der Waals surface area contributed by atoms with Crippen LogP contribution < -0.4 is 15.5 Å². The molecule has 7 nitrogen and oxygen atoms in total. The summed E-state index contributed by atoms with van der Waals surface area (Å²) in [5.74, 6) is -0.538. The van der Waals surface area contributed by atoms with Crippen LogP contribution in [0.4, 0.5) is 5.69 Å². The zero-order valence-electron chi connectivity index (χ0n) is 13.2. The molecule has 23 heavy (non-hydrogen) atoms. The van der Waals surface area contributed by atoms with Gasteiger partial charge in [0.1, 0.15) is 11.3 Å². The number of carbonyl (C=O) groups is 2. The van der Waals surface area contributed by atoms with E-state index in [0.29, 0.717) is 23.6 Å². The molecule has 0 bridgehead atoms. The van der Waals surface area contributed by atoms with Gasteiger partial charge in [-0.25, -0.2) is 4.79 Å². The van der Waals surface area contributed by atoms with Crippen LogP contribution >= 0.6 is 0 Å². The Bertz CT molecular complexity index is 810. The number of H-pyrrole nitrogens is 1. The van der Waals surface area contributed by atoms with Gasteiger partial charge in [0.2, 0.25) is 11.3 Å². The lowest BCUT2D eigenvalue weighted by Crippen LogP contribution is -2.18. The van der Waals surface area contributed by atoms with Crippen molar-refractivity contribution < 1.29 is 19.1 Å². The van der Waals surface area contributed by atoms with Gasteiger partial charge >= 0.3 is 5.97 Å². The lowest BCUT2D eigenvalue weighted by Gasteiger charge is -2.12. The summed E-state index contributed by atoms with van der Waals surface area (Å²) in [7, 11) is 0. The van der Waals surface area contributed by atoms with Gasteiger partial charge in [-0.2, -0.15) is 0 Å². The number of aromatic nitrogens is 1. The molecule has 0 fully saturated rings. The largest absolute Gasteiger partial charge is 0.492 e. The summed E-state index contributed by atoms with van der Waals surface area (Å²) in [6.07, 6.45) is 1.32. The number of hydrogen-bond donors (Lipinski definition) is 2. The van der Waals surface area contributed by atoms with E-state index in [9.17, 15) is 14.4 Å². The van der Waals surface area contributed by atoms with Crippen LogP contribution in [0.1, 0.15) is 31.1 Å². The maximum absolute atomic E-state index is 12.5. The summed E-state index contributed by atoms with van der Waals surface area (Å²) >= 11 is 0. The molecule has 0 aliphatic heterocycles. The molecular formula is C16H18N2O5. The van der Waals surface area contributed by atoms with Crippen LogP contribution in [-0.4, -0.2) is 30.1 Å². The number of anilines is 1. The third-order valence-electron chi connectivity index (χ3n) is 3.09. The molecule has 0 aliphatic carbocycles. The topological polar surface area (TPSA) is 97.5 Å². The first-order valence-electron chi connectivity index (χ1n) is 7.24. The van der Waals surface area contributed by atoms with E-state index in [-0.39, 0.29) is 23.5 Å². The van der Waals surface area contributed by atoms with E-state index >= 15 is 0 Å². The Kier molecular flexibility index (Phi) is 5.00. The van der Waals surface area contributed by atoms with E-state index in [4.69, 9.17) is 9.47 Å². The maximum atomic E-state index is 12.5. The molecule has 0 atom stereocenters. The van der Waals surface area contributed by atoms with E-state index in [1.165, 1.54) is 19.2 Å². The van der Waals surface area contributed by atoms with E-state index in [1.54, 1.807) is 13.0 Å². The summed E-state index contributed by atoms with van der Waals surface area (Å²) in [4.78, 5) is 38.5. The second-order valence-corrected chi connectivity index (χ2v) is 4.76. The van der Waals surface area contributed by atoms with Gasteiger partial charge in [0.25, 0.3) is 0 Å². The predicted octanol–water partition coefficient (Wildman–Crippen LogP) is 2.06. The molecule has 1 amide bonds. The van der Waals surface area contributed by atoms with Gasteiger partial charge in [0.15, 0.2) is 0 Å². The Morgan fingerprint density at radius 1 is 1.22 bits per heavy atom.